The molecular formula is C17H22N3O4S2+. The van der Waals surface area contributed by atoms with Crippen LogP contribution < -0.4 is 4.72 Å². The largest absolute Gasteiger partial charge is 0.316 e. The fourth-order valence-corrected chi connectivity index (χ4v) is 5.17. The molecule has 1 aromatic heterocycles. The fourth-order valence-electron chi connectivity index (χ4n) is 3.07. The Hall–Kier alpha value is -1.81. The number of nitrogens with one attached hydrogen (secondary N) is 1. The summed E-state index contributed by atoms with van der Waals surface area (Å²) in [6.45, 7) is 2.96. The van der Waals surface area contributed by atoms with Crippen molar-refractivity contribution in [2.75, 3.05) is 19.6 Å². The van der Waals surface area contributed by atoms with E-state index in [4.69, 9.17) is 5.21 Å². The third kappa shape index (κ3) is 4.67. The highest BCUT2D eigenvalue weighted by Gasteiger charge is 2.20. The van der Waals surface area contributed by atoms with Gasteiger partial charge in [-0.15, -0.1) is 0 Å². The van der Waals surface area contributed by atoms with Gasteiger partial charge >= 0.3 is 5.69 Å². The van der Waals surface area contributed by atoms with Crippen molar-refractivity contribution in [3.63, 3.8) is 0 Å². The first-order chi connectivity index (χ1) is 12.5. The van der Waals surface area contributed by atoms with Gasteiger partial charge in [0, 0.05) is 37.1 Å². The molecule has 0 saturated carbocycles. The minimum atomic E-state index is -3.39. The number of nitrogens with zero attached hydrogens (tertiary/aromatic N) is 2. The van der Waals surface area contributed by atoms with Gasteiger partial charge in [-0.05, 0) is 48.4 Å². The minimum Gasteiger partial charge on any atom is -0.299 e. The quantitative estimate of drug-likeness (QED) is 0.529. The van der Waals surface area contributed by atoms with Gasteiger partial charge in [-0.2, -0.15) is 11.3 Å². The maximum absolute atomic E-state index is 12.0. The average Bonchev–Trinajstić information content (AvgIpc) is 3.16. The molecule has 2 N–H and O–H groups in total. The van der Waals surface area contributed by atoms with E-state index in [0.717, 1.165) is 44.5 Å². The number of benzene rings is 1. The zero-order valence-corrected chi connectivity index (χ0v) is 15.9. The van der Waals surface area contributed by atoms with Crippen LogP contribution in [0.4, 0.5) is 5.69 Å². The second kappa shape index (κ2) is 8.26. The van der Waals surface area contributed by atoms with Crippen molar-refractivity contribution in [1.29, 1.82) is 0 Å². The maximum Gasteiger partial charge on any atom is 0.316 e. The van der Waals surface area contributed by atoms with E-state index in [0.29, 0.717) is 11.4 Å². The van der Waals surface area contributed by atoms with E-state index in [1.807, 2.05) is 6.07 Å². The number of hydrogen-bond donors (Lipinski definition) is 2. The molecule has 0 bridgehead atoms. The molecule has 0 saturated heterocycles. The van der Waals surface area contributed by atoms with E-state index in [-0.39, 0.29) is 10.6 Å². The summed E-state index contributed by atoms with van der Waals surface area (Å²) in [5.74, 6) is 0. The van der Waals surface area contributed by atoms with Gasteiger partial charge in [0.2, 0.25) is 10.0 Å². The summed E-state index contributed by atoms with van der Waals surface area (Å²) in [7, 11) is -3.39. The standard InChI is InChI=1S/C17H22N3O4S2/c21-20(22)16-4-3-14-5-9-19(12-15(14)11-16)8-2-1-7-18-26(23,24)17-6-10-25-13-17/h3-4,6,10-11,13,18H,1-2,5,7-9,12H2,(H,21,22)/q+1. The van der Waals surface area contributed by atoms with Crippen molar-refractivity contribution in [3.05, 3.63) is 51.1 Å². The van der Waals surface area contributed by atoms with E-state index in [1.54, 1.807) is 29.0 Å². The summed E-state index contributed by atoms with van der Waals surface area (Å²) >= 11 is 1.36. The molecule has 7 nitrogen and oxygen atoms in total. The number of unbranched alkanes of at least 4 members (excludes halogenated alkanes) is 1. The molecule has 140 valence electrons. The number of rotatable bonds is 8. The van der Waals surface area contributed by atoms with E-state index in [2.05, 4.69) is 9.62 Å². The minimum absolute atomic E-state index is 0.112. The SMILES string of the molecule is O=[N+](O)c1ccc2c(c1)CN(CCCCNS(=O)(=O)c1ccsc1)CC2. The topological polar surface area (TPSA) is 89.7 Å². The predicted molar refractivity (Wildman–Crippen MR) is 99.2 cm³/mol. The zero-order chi connectivity index (χ0) is 18.6. The highest BCUT2D eigenvalue weighted by Crippen LogP contribution is 2.23. The predicted octanol–water partition coefficient (Wildman–Crippen LogP) is 2.66. The molecule has 1 aliphatic heterocycles. The number of hydrogen-bond acceptors (Lipinski definition) is 5. The van der Waals surface area contributed by atoms with E-state index in [1.165, 1.54) is 16.9 Å². The normalized spacial score (nSPS) is 14.9. The summed E-state index contributed by atoms with van der Waals surface area (Å²) < 4.78 is 26.7. The Balaban J connectivity index is 1.44. The van der Waals surface area contributed by atoms with Gasteiger partial charge in [-0.3, -0.25) is 4.90 Å². The van der Waals surface area contributed by atoms with Crippen LogP contribution in [0.2, 0.25) is 0 Å². The summed E-state index contributed by atoms with van der Waals surface area (Å²) in [6, 6.07) is 6.84. The van der Waals surface area contributed by atoms with Gasteiger partial charge in [0.1, 0.15) is 0 Å². The van der Waals surface area contributed by atoms with Gasteiger partial charge in [0.05, 0.1) is 9.80 Å². The smallest absolute Gasteiger partial charge is 0.299 e. The Bertz CT molecular complexity index is 866. The summed E-state index contributed by atoms with van der Waals surface area (Å²) in [5, 5.41) is 12.4. The summed E-state index contributed by atoms with van der Waals surface area (Å²) in [5.41, 5.74) is 2.51. The monoisotopic (exact) mass is 396 g/mol. The lowest BCUT2D eigenvalue weighted by Gasteiger charge is -2.28. The molecule has 3 rings (SSSR count). The zero-order valence-electron chi connectivity index (χ0n) is 14.3. The van der Waals surface area contributed by atoms with Gasteiger partial charge < -0.3 is 0 Å². The first-order valence-electron chi connectivity index (χ1n) is 8.48. The average molecular weight is 397 g/mol. The van der Waals surface area contributed by atoms with Gasteiger partial charge in [-0.25, -0.2) is 18.3 Å². The molecule has 0 amide bonds. The van der Waals surface area contributed by atoms with Crippen molar-refractivity contribution < 1.29 is 18.5 Å². The molecule has 9 heteroatoms. The van der Waals surface area contributed by atoms with Crippen LogP contribution in [0.5, 0.6) is 0 Å². The second-order valence-corrected chi connectivity index (χ2v) is 8.86. The number of sulfonamides is 1. The Kier molecular flexibility index (Phi) is 6.02. The van der Waals surface area contributed by atoms with Crippen molar-refractivity contribution in [1.82, 2.24) is 9.62 Å². The first kappa shape index (κ1) is 19.0. The van der Waals surface area contributed by atoms with Crippen LogP contribution in [-0.4, -0.2) is 43.1 Å². The Morgan fingerprint density at radius 2 is 2.08 bits per heavy atom. The molecule has 2 aromatic rings. The number of fused-ring (bicyclic) bond motifs is 1. The Labute approximate surface area is 156 Å². The van der Waals surface area contributed by atoms with Crippen LogP contribution in [0, 0.1) is 4.91 Å². The van der Waals surface area contributed by atoms with E-state index < -0.39 is 10.0 Å². The van der Waals surface area contributed by atoms with Crippen molar-refractivity contribution >= 4 is 27.0 Å². The lowest BCUT2D eigenvalue weighted by Crippen LogP contribution is -2.32. The van der Waals surface area contributed by atoms with Crippen molar-refractivity contribution in [2.24, 2.45) is 0 Å². The van der Waals surface area contributed by atoms with Crippen molar-refractivity contribution in [3.8, 4) is 0 Å². The molecule has 1 aromatic carbocycles. The molecule has 0 unspecified atom stereocenters. The molecular weight excluding hydrogens is 374 g/mol. The molecule has 0 atom stereocenters. The summed E-state index contributed by atoms with van der Waals surface area (Å²) in [6.07, 6.45) is 2.55. The van der Waals surface area contributed by atoms with Gasteiger partial charge in [0.25, 0.3) is 4.92 Å². The second-order valence-electron chi connectivity index (χ2n) is 6.32. The lowest BCUT2D eigenvalue weighted by atomic mass is 9.99. The van der Waals surface area contributed by atoms with Crippen LogP contribution >= 0.6 is 11.3 Å². The molecule has 0 radical (unpaired) electrons. The highest BCUT2D eigenvalue weighted by molar-refractivity contribution is 7.89. The molecule has 1 aliphatic rings. The van der Waals surface area contributed by atoms with Crippen molar-refractivity contribution in [2.45, 2.75) is 30.7 Å². The van der Waals surface area contributed by atoms with Crippen LogP contribution in [0.25, 0.3) is 0 Å². The maximum atomic E-state index is 12.0. The Morgan fingerprint density at radius 1 is 1.23 bits per heavy atom. The van der Waals surface area contributed by atoms with Gasteiger partial charge in [-0.1, -0.05) is 6.07 Å². The van der Waals surface area contributed by atoms with E-state index in [9.17, 15) is 13.3 Å². The van der Waals surface area contributed by atoms with E-state index >= 15 is 0 Å². The molecule has 0 aliphatic carbocycles. The Morgan fingerprint density at radius 3 is 2.81 bits per heavy atom. The molecule has 26 heavy (non-hydrogen) atoms. The lowest BCUT2D eigenvalue weighted by molar-refractivity contribution is -0.729. The summed E-state index contributed by atoms with van der Waals surface area (Å²) in [4.78, 5) is 13.5. The van der Waals surface area contributed by atoms with Crippen LogP contribution in [-0.2, 0) is 23.0 Å². The molecule has 0 fully saturated rings. The number of thiophene rings is 1. The van der Waals surface area contributed by atoms with Crippen LogP contribution in [0.3, 0.4) is 0 Å². The van der Waals surface area contributed by atoms with Gasteiger partial charge in [0.15, 0.2) is 0 Å². The third-order valence-corrected chi connectivity index (χ3v) is 6.79. The third-order valence-electron chi connectivity index (χ3n) is 4.50. The fraction of sp³-hybridized carbons (Fsp3) is 0.412. The first-order valence-corrected chi connectivity index (χ1v) is 10.9. The van der Waals surface area contributed by atoms with Crippen LogP contribution in [0.15, 0.2) is 39.9 Å². The molecule has 2 heterocycles. The molecule has 0 spiro atoms. The highest BCUT2D eigenvalue weighted by atomic mass is 32.2. The van der Waals surface area contributed by atoms with Crippen LogP contribution in [0.1, 0.15) is 24.0 Å².